The molecule has 0 aromatic rings. The first-order chi connectivity index (χ1) is 7.87. The molecular weight excluding hydrogens is 277 g/mol. The van der Waals surface area contributed by atoms with Gasteiger partial charge in [-0.1, -0.05) is 23.8 Å². The van der Waals surface area contributed by atoms with E-state index in [1.54, 1.807) is 27.7 Å². The quantitative estimate of drug-likeness (QED) is 0.429. The summed E-state index contributed by atoms with van der Waals surface area (Å²) in [4.78, 5) is 2.34. The van der Waals surface area contributed by atoms with Crippen LogP contribution in [-0.2, 0) is 0 Å². The number of nitrogens with zero attached hydrogens (tertiary/aromatic N) is 3. The van der Waals surface area contributed by atoms with Gasteiger partial charge in [0, 0.05) is 26.2 Å². The predicted octanol–water partition coefficient (Wildman–Crippen LogP) is 4.24. The van der Waals surface area contributed by atoms with Gasteiger partial charge in [0.2, 0.25) is 5.96 Å². The van der Waals surface area contributed by atoms with Crippen molar-refractivity contribution in [2.45, 2.75) is 27.7 Å². The third-order valence-corrected chi connectivity index (χ3v) is 2.86. The minimum Gasteiger partial charge on any atom is -0.342 e. The number of halogens is 5. The Morgan fingerprint density at radius 3 is 1.22 bits per heavy atom. The van der Waals surface area contributed by atoms with Gasteiger partial charge in [0.25, 0.3) is 0 Å². The molecule has 3 nitrogen and oxygen atoms in total. The van der Waals surface area contributed by atoms with Gasteiger partial charge in [0.1, 0.15) is 0 Å². The van der Waals surface area contributed by atoms with E-state index >= 15 is 0 Å². The predicted molar refractivity (Wildman–Crippen MR) is 66.4 cm³/mol. The Morgan fingerprint density at radius 1 is 0.778 bits per heavy atom. The molecule has 0 rings (SSSR count). The third kappa shape index (κ3) is 6.27. The van der Waals surface area contributed by atoms with Gasteiger partial charge in [-0.05, 0) is 27.7 Å². The first-order valence-electron chi connectivity index (χ1n) is 5.72. The summed E-state index contributed by atoms with van der Waals surface area (Å²) in [5.74, 6) is -0.704. The molecule has 0 saturated heterocycles. The SMILES string of the molecule is CCN(CC)C(=NS(F)(F)(F)(F)F)N(CC)CC. The summed E-state index contributed by atoms with van der Waals surface area (Å²) in [7, 11) is -9.81. The van der Waals surface area contributed by atoms with Crippen molar-refractivity contribution in [1.29, 1.82) is 0 Å². The first kappa shape index (κ1) is 17.3. The van der Waals surface area contributed by atoms with Crippen LogP contribution in [0.4, 0.5) is 19.4 Å². The first-order valence-corrected chi connectivity index (χ1v) is 7.63. The van der Waals surface area contributed by atoms with Gasteiger partial charge < -0.3 is 9.80 Å². The molecule has 0 atom stereocenters. The van der Waals surface area contributed by atoms with Crippen molar-refractivity contribution in [2.75, 3.05) is 26.2 Å². The molecular formula is C9H20F5N3S. The molecule has 18 heavy (non-hydrogen) atoms. The van der Waals surface area contributed by atoms with Gasteiger partial charge in [-0.3, -0.25) is 0 Å². The molecule has 0 N–H and O–H groups in total. The fourth-order valence-electron chi connectivity index (χ4n) is 1.48. The maximum Gasteiger partial charge on any atom is 0.385 e. The number of rotatable bonds is 5. The maximum atomic E-state index is 12.5. The topological polar surface area (TPSA) is 18.8 Å². The molecule has 0 unspecified atom stereocenters. The van der Waals surface area contributed by atoms with Crippen LogP contribution in [0.25, 0.3) is 0 Å². The van der Waals surface area contributed by atoms with Crippen molar-refractivity contribution in [2.24, 2.45) is 4.40 Å². The van der Waals surface area contributed by atoms with Crippen LogP contribution >= 0.6 is 10.4 Å². The summed E-state index contributed by atoms with van der Waals surface area (Å²) in [6, 6.07) is 0. The number of guanidine groups is 1. The van der Waals surface area contributed by atoms with E-state index in [-0.39, 0.29) is 26.2 Å². The summed E-state index contributed by atoms with van der Waals surface area (Å²) in [6.07, 6.45) is 0. The van der Waals surface area contributed by atoms with Crippen molar-refractivity contribution >= 4 is 16.4 Å². The standard InChI is InChI=1S/C9H20F5N3S/c1-5-16(6-2)9(17(7-3)8-4)15-18(10,11,12,13)14/h5-8H2,1-4H3. The van der Waals surface area contributed by atoms with Gasteiger partial charge >= 0.3 is 10.4 Å². The lowest BCUT2D eigenvalue weighted by molar-refractivity contribution is 0.334. The van der Waals surface area contributed by atoms with E-state index in [2.05, 4.69) is 0 Å². The fourth-order valence-corrected chi connectivity index (χ4v) is 2.02. The molecule has 0 fully saturated rings. The second-order valence-electron chi connectivity index (χ2n) is 3.66. The van der Waals surface area contributed by atoms with Crippen molar-refractivity contribution in [3.63, 3.8) is 0 Å². The average molecular weight is 297 g/mol. The Morgan fingerprint density at radius 2 is 1.06 bits per heavy atom. The average Bonchev–Trinajstić information content (AvgIpc) is 2.16. The van der Waals surface area contributed by atoms with Gasteiger partial charge in [0.15, 0.2) is 0 Å². The zero-order chi connectivity index (χ0) is 14.7. The molecule has 0 saturated carbocycles. The van der Waals surface area contributed by atoms with Crippen molar-refractivity contribution in [3.05, 3.63) is 0 Å². The summed E-state index contributed by atoms with van der Waals surface area (Å²) < 4.78 is 64.4. The Balaban J connectivity index is 5.71. The molecule has 0 aliphatic rings. The van der Waals surface area contributed by atoms with Gasteiger partial charge in [-0.2, -0.15) is 0 Å². The molecule has 0 heterocycles. The van der Waals surface area contributed by atoms with Crippen LogP contribution in [0, 0.1) is 0 Å². The van der Waals surface area contributed by atoms with Crippen molar-refractivity contribution in [3.8, 4) is 0 Å². The lowest BCUT2D eigenvalue weighted by atomic mass is 10.4. The Bertz CT molecular complexity index is 290. The minimum atomic E-state index is -9.81. The van der Waals surface area contributed by atoms with Gasteiger partial charge in [-0.25, -0.2) is 0 Å². The summed E-state index contributed by atoms with van der Waals surface area (Å²) in [6.45, 7) is 7.09. The summed E-state index contributed by atoms with van der Waals surface area (Å²) in [5, 5.41) is 0. The highest BCUT2D eigenvalue weighted by atomic mass is 32.5. The largest absolute Gasteiger partial charge is 0.385 e. The number of hydrogen-bond donors (Lipinski definition) is 0. The van der Waals surface area contributed by atoms with Crippen LogP contribution in [0.3, 0.4) is 0 Å². The number of hydrogen-bond acceptors (Lipinski definition) is 1. The molecule has 0 aliphatic carbocycles. The van der Waals surface area contributed by atoms with E-state index in [1.807, 2.05) is 4.40 Å². The lowest BCUT2D eigenvalue weighted by Gasteiger charge is -2.40. The van der Waals surface area contributed by atoms with Crippen LogP contribution < -0.4 is 0 Å². The molecule has 0 spiro atoms. The third-order valence-electron chi connectivity index (χ3n) is 2.35. The maximum absolute atomic E-state index is 12.5. The highest BCUT2D eigenvalue weighted by Crippen LogP contribution is 2.99. The molecule has 0 amide bonds. The highest BCUT2D eigenvalue weighted by Gasteiger charge is 2.65. The highest BCUT2D eigenvalue weighted by molar-refractivity contribution is 8.44. The van der Waals surface area contributed by atoms with E-state index in [0.29, 0.717) is 0 Å². The molecule has 9 heteroatoms. The van der Waals surface area contributed by atoms with Crippen LogP contribution in [0.15, 0.2) is 4.40 Å². The van der Waals surface area contributed by atoms with Gasteiger partial charge in [0.05, 0.1) is 0 Å². The molecule has 0 aromatic heterocycles. The fraction of sp³-hybridized carbons (Fsp3) is 0.889. The molecule has 0 aromatic carbocycles. The van der Waals surface area contributed by atoms with E-state index in [9.17, 15) is 19.4 Å². The van der Waals surface area contributed by atoms with E-state index in [4.69, 9.17) is 0 Å². The van der Waals surface area contributed by atoms with Crippen molar-refractivity contribution in [1.82, 2.24) is 9.80 Å². The Hall–Kier alpha value is -0.730. The molecule has 112 valence electrons. The second kappa shape index (κ2) is 4.75. The Labute approximate surface area is 105 Å². The monoisotopic (exact) mass is 297 g/mol. The molecule has 0 bridgehead atoms. The molecule has 0 radical (unpaired) electrons. The van der Waals surface area contributed by atoms with Crippen LogP contribution in [-0.4, -0.2) is 41.9 Å². The second-order valence-corrected chi connectivity index (χ2v) is 5.70. The van der Waals surface area contributed by atoms with E-state index < -0.39 is 16.4 Å². The zero-order valence-corrected chi connectivity index (χ0v) is 11.8. The summed E-state index contributed by atoms with van der Waals surface area (Å²) >= 11 is 0. The van der Waals surface area contributed by atoms with Gasteiger partial charge in [-0.15, -0.1) is 0 Å². The Kier molecular flexibility index (Phi) is 4.55. The van der Waals surface area contributed by atoms with Crippen molar-refractivity contribution < 1.29 is 19.4 Å². The van der Waals surface area contributed by atoms with Crippen LogP contribution in [0.2, 0.25) is 0 Å². The minimum absolute atomic E-state index is 0.180. The lowest BCUT2D eigenvalue weighted by Crippen LogP contribution is -2.45. The van der Waals surface area contributed by atoms with Crippen LogP contribution in [0.5, 0.6) is 0 Å². The van der Waals surface area contributed by atoms with E-state index in [1.165, 1.54) is 9.80 Å². The normalized spacial score (nSPS) is 15.6. The smallest absolute Gasteiger partial charge is 0.342 e. The zero-order valence-electron chi connectivity index (χ0n) is 11.0. The summed E-state index contributed by atoms with van der Waals surface area (Å²) in [5.41, 5.74) is 0. The van der Waals surface area contributed by atoms with E-state index in [0.717, 1.165) is 0 Å². The van der Waals surface area contributed by atoms with Crippen LogP contribution in [0.1, 0.15) is 27.7 Å². The molecule has 0 aliphatic heterocycles.